The van der Waals surface area contributed by atoms with Gasteiger partial charge in [0.2, 0.25) is 5.91 Å². The molecule has 0 unspecified atom stereocenters. The van der Waals surface area contributed by atoms with Gasteiger partial charge in [0.1, 0.15) is 10.2 Å². The zero-order valence-corrected chi connectivity index (χ0v) is 16.8. The van der Waals surface area contributed by atoms with Crippen LogP contribution in [0.3, 0.4) is 0 Å². The fourth-order valence-corrected chi connectivity index (χ4v) is 4.01. The number of carbonyl (C=O) groups excluding carboxylic acids is 1. The van der Waals surface area contributed by atoms with Crippen LogP contribution < -0.4 is 16.4 Å². The Morgan fingerprint density at radius 3 is 2.90 bits per heavy atom. The summed E-state index contributed by atoms with van der Waals surface area (Å²) < 4.78 is 2.93. The molecule has 1 aromatic carbocycles. The molecular weight excluding hydrogens is 418 g/mol. The number of thiophene rings is 1. The Kier molecular flexibility index (Phi) is 4.64. The van der Waals surface area contributed by atoms with Crippen molar-refractivity contribution in [3.05, 3.63) is 75.3 Å². The number of aryl methyl sites for hydroxylation is 1. The second-order valence-electron chi connectivity index (χ2n) is 6.72. The molecule has 0 saturated carbocycles. The number of aromatic amines is 1. The van der Waals surface area contributed by atoms with E-state index in [1.165, 1.54) is 39.4 Å². The van der Waals surface area contributed by atoms with E-state index in [1.807, 2.05) is 5.38 Å². The van der Waals surface area contributed by atoms with Crippen LogP contribution in [-0.2, 0) is 11.3 Å². The van der Waals surface area contributed by atoms with E-state index in [0.29, 0.717) is 32.6 Å². The van der Waals surface area contributed by atoms with Crippen molar-refractivity contribution in [1.29, 1.82) is 0 Å². The highest BCUT2D eigenvalue weighted by Crippen LogP contribution is 2.22. The zero-order chi connectivity index (χ0) is 21.4. The van der Waals surface area contributed by atoms with Crippen molar-refractivity contribution in [3.63, 3.8) is 0 Å². The van der Waals surface area contributed by atoms with Gasteiger partial charge < -0.3 is 10.3 Å². The largest absolute Gasteiger partial charge is 0.324 e. The Balaban J connectivity index is 1.38. The SMILES string of the molecule is O=C(CCn1cnc2sccc2c1=O)Nc1ccccc1-n1ncc2c(=O)[nH]cnc21. The minimum atomic E-state index is -0.292. The lowest BCUT2D eigenvalue weighted by Crippen LogP contribution is -2.23. The van der Waals surface area contributed by atoms with Crippen LogP contribution in [0, 0.1) is 0 Å². The number of aromatic nitrogens is 6. The van der Waals surface area contributed by atoms with Crippen molar-refractivity contribution < 1.29 is 4.79 Å². The molecule has 5 rings (SSSR count). The van der Waals surface area contributed by atoms with E-state index in [4.69, 9.17) is 0 Å². The van der Waals surface area contributed by atoms with Gasteiger partial charge in [-0.3, -0.25) is 19.0 Å². The van der Waals surface area contributed by atoms with Gasteiger partial charge in [-0.1, -0.05) is 12.1 Å². The summed E-state index contributed by atoms with van der Waals surface area (Å²) in [6.45, 7) is 0.202. The predicted octanol–water partition coefficient (Wildman–Crippen LogP) is 1.91. The molecule has 4 heterocycles. The van der Waals surface area contributed by atoms with E-state index in [2.05, 4.69) is 25.4 Å². The van der Waals surface area contributed by atoms with Gasteiger partial charge in [-0.05, 0) is 23.6 Å². The van der Waals surface area contributed by atoms with Gasteiger partial charge in [-0.15, -0.1) is 11.3 Å². The number of rotatable bonds is 5. The number of benzene rings is 1. The monoisotopic (exact) mass is 433 g/mol. The molecule has 0 aliphatic rings. The molecule has 0 aliphatic heterocycles. The molecule has 31 heavy (non-hydrogen) atoms. The molecule has 11 heteroatoms. The normalized spacial score (nSPS) is 11.2. The summed E-state index contributed by atoms with van der Waals surface area (Å²) >= 11 is 1.40. The molecule has 0 fully saturated rings. The molecule has 0 spiro atoms. The average Bonchev–Trinajstić information content (AvgIpc) is 3.42. The number of para-hydroxylation sites is 2. The minimum Gasteiger partial charge on any atom is -0.324 e. The summed E-state index contributed by atoms with van der Waals surface area (Å²) in [5, 5.41) is 9.81. The molecule has 10 nitrogen and oxygen atoms in total. The van der Waals surface area contributed by atoms with Crippen molar-refractivity contribution in [2.24, 2.45) is 0 Å². The number of anilines is 1. The molecule has 1 amide bonds. The van der Waals surface area contributed by atoms with Crippen LogP contribution in [0.25, 0.3) is 26.9 Å². The lowest BCUT2D eigenvalue weighted by molar-refractivity contribution is -0.116. The van der Waals surface area contributed by atoms with E-state index < -0.39 is 0 Å². The lowest BCUT2D eigenvalue weighted by Gasteiger charge is -2.12. The number of hydrogen-bond donors (Lipinski definition) is 2. The molecule has 5 aromatic rings. The van der Waals surface area contributed by atoms with Crippen LogP contribution in [0.4, 0.5) is 5.69 Å². The van der Waals surface area contributed by atoms with Crippen molar-refractivity contribution >= 4 is 44.2 Å². The fourth-order valence-electron chi connectivity index (χ4n) is 3.28. The Morgan fingerprint density at radius 2 is 2.00 bits per heavy atom. The summed E-state index contributed by atoms with van der Waals surface area (Å²) in [5.41, 5.74) is 1.01. The highest BCUT2D eigenvalue weighted by molar-refractivity contribution is 7.16. The standard InChI is InChI=1S/C20H15N7O3S/c28-16(5-7-26-11-23-19-12(20(26)30)6-8-31-19)25-14-3-1-2-4-15(14)27-17-13(9-24-27)18(29)22-10-21-17/h1-4,6,8-11H,5,7H2,(H,25,28)(H,21,22,29). The van der Waals surface area contributed by atoms with Gasteiger partial charge in [-0.25, -0.2) is 14.6 Å². The maximum Gasteiger partial charge on any atom is 0.262 e. The number of nitrogens with one attached hydrogen (secondary N) is 2. The quantitative estimate of drug-likeness (QED) is 0.436. The Hall–Kier alpha value is -4.12. The maximum atomic E-state index is 12.6. The summed E-state index contributed by atoms with van der Waals surface area (Å²) in [6, 6.07) is 8.81. The minimum absolute atomic E-state index is 0.0866. The summed E-state index contributed by atoms with van der Waals surface area (Å²) in [4.78, 5) is 48.7. The zero-order valence-electron chi connectivity index (χ0n) is 16.0. The summed E-state index contributed by atoms with van der Waals surface area (Å²) in [5.74, 6) is -0.271. The molecule has 0 aliphatic carbocycles. The Bertz CT molecular complexity index is 1550. The maximum absolute atomic E-state index is 12.6. The number of carbonyl (C=O) groups is 1. The molecule has 0 radical (unpaired) electrons. The molecule has 4 aromatic heterocycles. The second-order valence-corrected chi connectivity index (χ2v) is 7.62. The number of fused-ring (bicyclic) bond motifs is 2. The summed E-state index contributed by atoms with van der Waals surface area (Å²) in [6.07, 6.45) is 4.28. The van der Waals surface area contributed by atoms with Crippen LogP contribution >= 0.6 is 11.3 Å². The van der Waals surface area contributed by atoms with Crippen molar-refractivity contribution in [2.75, 3.05) is 5.32 Å². The first-order chi connectivity index (χ1) is 15.1. The third-order valence-electron chi connectivity index (χ3n) is 4.81. The van der Waals surface area contributed by atoms with E-state index in [9.17, 15) is 14.4 Å². The molecule has 0 atom stereocenters. The second kappa shape index (κ2) is 7.61. The third kappa shape index (κ3) is 3.40. The average molecular weight is 433 g/mol. The molecule has 2 N–H and O–H groups in total. The van der Waals surface area contributed by atoms with Crippen molar-refractivity contribution in [1.82, 2.24) is 29.3 Å². The highest BCUT2D eigenvalue weighted by atomic mass is 32.1. The Labute approximate surface area is 177 Å². The number of amides is 1. The highest BCUT2D eigenvalue weighted by Gasteiger charge is 2.14. The van der Waals surface area contributed by atoms with Crippen molar-refractivity contribution in [3.8, 4) is 5.69 Å². The predicted molar refractivity (Wildman–Crippen MR) is 117 cm³/mol. The molecule has 0 saturated heterocycles. The number of hydrogen-bond acceptors (Lipinski definition) is 7. The van der Waals surface area contributed by atoms with E-state index in [-0.39, 0.29) is 30.0 Å². The first kappa shape index (κ1) is 18.9. The van der Waals surface area contributed by atoms with Crippen LogP contribution in [0.5, 0.6) is 0 Å². The van der Waals surface area contributed by atoms with Crippen LogP contribution in [0.15, 0.2) is 64.2 Å². The Morgan fingerprint density at radius 1 is 1.13 bits per heavy atom. The molecule has 0 bridgehead atoms. The van der Waals surface area contributed by atoms with Gasteiger partial charge in [-0.2, -0.15) is 5.10 Å². The number of H-pyrrole nitrogens is 1. The third-order valence-corrected chi connectivity index (χ3v) is 5.63. The van der Waals surface area contributed by atoms with Gasteiger partial charge in [0.05, 0.1) is 35.6 Å². The van der Waals surface area contributed by atoms with Gasteiger partial charge in [0.15, 0.2) is 5.65 Å². The van der Waals surface area contributed by atoms with Crippen LogP contribution in [0.2, 0.25) is 0 Å². The fraction of sp³-hybridized carbons (Fsp3) is 0.100. The number of nitrogens with zero attached hydrogens (tertiary/aromatic N) is 5. The van der Waals surface area contributed by atoms with Gasteiger partial charge in [0.25, 0.3) is 11.1 Å². The van der Waals surface area contributed by atoms with Crippen LogP contribution in [0.1, 0.15) is 6.42 Å². The van der Waals surface area contributed by atoms with E-state index >= 15 is 0 Å². The first-order valence-corrected chi connectivity index (χ1v) is 10.2. The van der Waals surface area contributed by atoms with Gasteiger partial charge >= 0.3 is 0 Å². The molecular formula is C20H15N7O3S. The van der Waals surface area contributed by atoms with E-state index in [0.717, 1.165) is 0 Å². The smallest absolute Gasteiger partial charge is 0.262 e. The first-order valence-electron chi connectivity index (χ1n) is 9.35. The van der Waals surface area contributed by atoms with Gasteiger partial charge in [0, 0.05) is 13.0 Å². The van der Waals surface area contributed by atoms with Crippen molar-refractivity contribution in [2.45, 2.75) is 13.0 Å². The lowest BCUT2D eigenvalue weighted by atomic mass is 10.2. The topological polar surface area (TPSA) is 128 Å². The molecule has 154 valence electrons. The van der Waals surface area contributed by atoms with E-state index in [1.54, 1.807) is 30.3 Å². The van der Waals surface area contributed by atoms with Crippen LogP contribution in [-0.4, -0.2) is 35.2 Å². The summed E-state index contributed by atoms with van der Waals surface area (Å²) in [7, 11) is 0.